The van der Waals surface area contributed by atoms with E-state index in [1.54, 1.807) is 0 Å². The van der Waals surface area contributed by atoms with Gasteiger partial charge in [-0.2, -0.15) is 0 Å². The molecule has 0 aromatic carbocycles. The van der Waals surface area contributed by atoms with E-state index in [1.807, 2.05) is 19.1 Å². The predicted molar refractivity (Wildman–Crippen MR) is 37.5 cm³/mol. The average molecular weight is 138 g/mol. The molecule has 3 heteroatoms. The smallest absolute Gasteiger partial charge is 0.246 e. The predicted octanol–water partition coefficient (Wildman–Crippen LogP) is -0.597. The van der Waals surface area contributed by atoms with Crippen LogP contribution in [-0.4, -0.2) is 24.0 Å². The minimum Gasteiger partial charge on any atom is -0.351 e. The molecule has 2 aliphatic heterocycles. The summed E-state index contributed by atoms with van der Waals surface area (Å²) < 4.78 is 0. The minimum absolute atomic E-state index is 0.113. The molecular formula is C7H10N2O. The Morgan fingerprint density at radius 2 is 2.50 bits per heavy atom. The van der Waals surface area contributed by atoms with Crippen molar-refractivity contribution in [3.63, 3.8) is 0 Å². The Hall–Kier alpha value is -0.830. The van der Waals surface area contributed by atoms with Crippen LogP contribution in [0.25, 0.3) is 0 Å². The zero-order valence-corrected chi connectivity index (χ0v) is 5.85. The highest BCUT2D eigenvalue weighted by Crippen LogP contribution is 2.29. The molecule has 2 aliphatic rings. The first-order chi connectivity index (χ1) is 4.76. The van der Waals surface area contributed by atoms with Crippen LogP contribution in [0.4, 0.5) is 0 Å². The highest BCUT2D eigenvalue weighted by atomic mass is 16.2. The van der Waals surface area contributed by atoms with E-state index in [2.05, 4.69) is 10.6 Å². The van der Waals surface area contributed by atoms with E-state index >= 15 is 0 Å². The van der Waals surface area contributed by atoms with E-state index in [0.717, 1.165) is 0 Å². The van der Waals surface area contributed by atoms with Gasteiger partial charge in [0, 0.05) is 12.6 Å². The molecule has 2 rings (SSSR count). The van der Waals surface area contributed by atoms with Gasteiger partial charge in [0.25, 0.3) is 0 Å². The van der Waals surface area contributed by atoms with Crippen LogP contribution >= 0.6 is 0 Å². The first kappa shape index (κ1) is 5.92. The van der Waals surface area contributed by atoms with Gasteiger partial charge in [0.15, 0.2) is 0 Å². The Morgan fingerprint density at radius 3 is 2.90 bits per heavy atom. The standard InChI is InChI=1S/C7H10N2O/c1-5-7(9-5)3-2-4-8-6(7)10/h2-3,5,9H,4H2,1H3,(H,8,10)/t5-,7?/m0/s1. The number of carbonyl (C=O) groups is 1. The van der Waals surface area contributed by atoms with Crippen LogP contribution in [0.2, 0.25) is 0 Å². The number of amides is 1. The molecule has 0 bridgehead atoms. The normalized spacial score (nSPS) is 43.7. The van der Waals surface area contributed by atoms with Gasteiger partial charge in [-0.25, -0.2) is 0 Å². The van der Waals surface area contributed by atoms with Gasteiger partial charge in [0.2, 0.25) is 5.91 Å². The maximum atomic E-state index is 11.2. The molecule has 1 amide bonds. The van der Waals surface area contributed by atoms with E-state index in [-0.39, 0.29) is 11.4 Å². The van der Waals surface area contributed by atoms with Gasteiger partial charge >= 0.3 is 0 Å². The van der Waals surface area contributed by atoms with E-state index in [9.17, 15) is 4.79 Å². The fourth-order valence-corrected chi connectivity index (χ4v) is 1.39. The molecular weight excluding hydrogens is 128 g/mol. The number of carbonyl (C=O) groups excluding carboxylic acids is 1. The summed E-state index contributed by atoms with van der Waals surface area (Å²) in [6.07, 6.45) is 3.94. The first-order valence-electron chi connectivity index (χ1n) is 3.49. The van der Waals surface area contributed by atoms with Crippen LogP contribution in [0.15, 0.2) is 12.2 Å². The Morgan fingerprint density at radius 1 is 1.80 bits per heavy atom. The second-order valence-electron chi connectivity index (χ2n) is 2.85. The molecule has 1 fully saturated rings. The molecule has 2 atom stereocenters. The highest BCUT2D eigenvalue weighted by molar-refractivity contribution is 5.94. The summed E-state index contributed by atoms with van der Waals surface area (Å²) in [5.41, 5.74) is -0.335. The lowest BCUT2D eigenvalue weighted by molar-refractivity contribution is -0.122. The lowest BCUT2D eigenvalue weighted by Gasteiger charge is -2.13. The molecule has 10 heavy (non-hydrogen) atoms. The number of nitrogens with one attached hydrogen (secondary N) is 2. The van der Waals surface area contributed by atoms with Crippen LogP contribution < -0.4 is 10.6 Å². The molecule has 2 heterocycles. The molecule has 0 aromatic rings. The van der Waals surface area contributed by atoms with Crippen LogP contribution in [0.1, 0.15) is 6.92 Å². The maximum absolute atomic E-state index is 11.2. The minimum atomic E-state index is -0.335. The Bertz CT molecular complexity index is 212. The second kappa shape index (κ2) is 1.61. The lowest BCUT2D eigenvalue weighted by Crippen LogP contribution is -2.42. The molecule has 0 saturated carbocycles. The van der Waals surface area contributed by atoms with Crippen molar-refractivity contribution >= 4 is 5.91 Å². The first-order valence-corrected chi connectivity index (χ1v) is 3.49. The van der Waals surface area contributed by atoms with Crippen molar-refractivity contribution in [2.45, 2.75) is 18.5 Å². The summed E-state index contributed by atoms with van der Waals surface area (Å²) in [5, 5.41) is 5.87. The van der Waals surface area contributed by atoms with Gasteiger partial charge in [0.05, 0.1) is 0 Å². The Balaban J connectivity index is 2.28. The molecule has 1 spiro atoms. The number of rotatable bonds is 0. The molecule has 2 N–H and O–H groups in total. The summed E-state index contributed by atoms with van der Waals surface area (Å²) in [7, 11) is 0. The van der Waals surface area contributed by atoms with Crippen LogP contribution in [0.3, 0.4) is 0 Å². The van der Waals surface area contributed by atoms with E-state index in [4.69, 9.17) is 0 Å². The van der Waals surface area contributed by atoms with Gasteiger partial charge in [-0.3, -0.25) is 10.1 Å². The third-order valence-corrected chi connectivity index (χ3v) is 2.19. The van der Waals surface area contributed by atoms with E-state index < -0.39 is 0 Å². The van der Waals surface area contributed by atoms with Crippen molar-refractivity contribution < 1.29 is 4.79 Å². The van der Waals surface area contributed by atoms with Crippen molar-refractivity contribution in [3.05, 3.63) is 12.2 Å². The van der Waals surface area contributed by atoms with Crippen molar-refractivity contribution in [3.8, 4) is 0 Å². The summed E-state index contributed by atoms with van der Waals surface area (Å²) >= 11 is 0. The quantitative estimate of drug-likeness (QED) is 0.347. The zero-order valence-electron chi connectivity index (χ0n) is 5.85. The topological polar surface area (TPSA) is 51.0 Å². The van der Waals surface area contributed by atoms with Gasteiger partial charge in [-0.1, -0.05) is 12.2 Å². The monoisotopic (exact) mass is 138 g/mol. The third-order valence-electron chi connectivity index (χ3n) is 2.19. The Kier molecular flexibility index (Phi) is 0.951. The van der Waals surface area contributed by atoms with Crippen molar-refractivity contribution in [1.82, 2.24) is 10.6 Å². The number of hydrogen-bond donors (Lipinski definition) is 2. The third kappa shape index (κ3) is 0.555. The SMILES string of the molecule is C[C@@H]1NC12C=CCNC2=O. The van der Waals surface area contributed by atoms with Gasteiger partial charge < -0.3 is 5.32 Å². The summed E-state index contributed by atoms with van der Waals surface area (Å²) in [4.78, 5) is 11.2. The number of hydrogen-bond acceptors (Lipinski definition) is 2. The van der Waals surface area contributed by atoms with E-state index in [1.165, 1.54) is 0 Å². The van der Waals surface area contributed by atoms with E-state index in [0.29, 0.717) is 12.6 Å². The highest BCUT2D eigenvalue weighted by Gasteiger charge is 2.55. The molecule has 0 aliphatic carbocycles. The maximum Gasteiger partial charge on any atom is 0.246 e. The molecule has 0 radical (unpaired) electrons. The van der Waals surface area contributed by atoms with Crippen LogP contribution in [0.5, 0.6) is 0 Å². The summed E-state index contributed by atoms with van der Waals surface area (Å²) in [6.45, 7) is 2.68. The summed E-state index contributed by atoms with van der Waals surface area (Å²) in [6, 6.07) is 0.309. The molecule has 0 aromatic heterocycles. The van der Waals surface area contributed by atoms with Gasteiger partial charge in [-0.15, -0.1) is 0 Å². The van der Waals surface area contributed by atoms with Crippen LogP contribution in [0, 0.1) is 0 Å². The van der Waals surface area contributed by atoms with Gasteiger partial charge in [0.1, 0.15) is 5.54 Å². The second-order valence-corrected chi connectivity index (χ2v) is 2.85. The van der Waals surface area contributed by atoms with Gasteiger partial charge in [-0.05, 0) is 6.92 Å². The summed E-state index contributed by atoms with van der Waals surface area (Å²) in [5.74, 6) is 0.113. The largest absolute Gasteiger partial charge is 0.351 e. The van der Waals surface area contributed by atoms with Crippen molar-refractivity contribution in [2.24, 2.45) is 0 Å². The molecule has 1 unspecified atom stereocenters. The lowest BCUT2D eigenvalue weighted by atomic mass is 10.0. The Labute approximate surface area is 59.5 Å². The van der Waals surface area contributed by atoms with Crippen molar-refractivity contribution in [2.75, 3.05) is 6.54 Å². The fraction of sp³-hybridized carbons (Fsp3) is 0.571. The molecule has 54 valence electrons. The average Bonchev–Trinajstić information content (AvgIpc) is 2.53. The molecule has 1 saturated heterocycles. The van der Waals surface area contributed by atoms with Crippen LogP contribution in [-0.2, 0) is 4.79 Å². The fourth-order valence-electron chi connectivity index (χ4n) is 1.39. The zero-order chi connectivity index (χ0) is 7.19. The molecule has 3 nitrogen and oxygen atoms in total. The van der Waals surface area contributed by atoms with Crippen molar-refractivity contribution in [1.29, 1.82) is 0 Å².